The van der Waals surface area contributed by atoms with Gasteiger partial charge in [0.15, 0.2) is 5.84 Å². The lowest BCUT2D eigenvalue weighted by atomic mass is 10.0. The summed E-state index contributed by atoms with van der Waals surface area (Å²) >= 11 is 0. The number of aliphatic imine (C=N–C) groups is 1. The predicted molar refractivity (Wildman–Crippen MR) is 77.8 cm³/mol. The van der Waals surface area contributed by atoms with Gasteiger partial charge in [0.2, 0.25) is 5.71 Å². The third-order valence-corrected chi connectivity index (χ3v) is 3.26. The van der Waals surface area contributed by atoms with Crippen LogP contribution in [-0.2, 0) is 0 Å². The van der Waals surface area contributed by atoms with E-state index in [2.05, 4.69) is 29.9 Å². The van der Waals surface area contributed by atoms with Crippen molar-refractivity contribution in [1.29, 1.82) is 0 Å². The molecule has 0 aromatic heterocycles. The van der Waals surface area contributed by atoms with Crippen LogP contribution in [0.5, 0.6) is 0 Å². The molecule has 0 aromatic rings. The molecule has 4 N–H and O–H groups in total. The first-order valence-corrected chi connectivity index (χ1v) is 6.95. The molecule has 0 fully saturated rings. The summed E-state index contributed by atoms with van der Waals surface area (Å²) in [5.74, 6) is 0.507. The van der Waals surface area contributed by atoms with Crippen LogP contribution in [0.1, 0.15) is 39.0 Å². The highest BCUT2D eigenvalue weighted by Gasteiger charge is 2.19. The Labute approximate surface area is 110 Å². The number of nitrogens with zero attached hydrogens (tertiary/aromatic N) is 2. The number of nitrogens with two attached hydrogens (primary N) is 2. The average molecular weight is 251 g/mol. The van der Waals surface area contributed by atoms with E-state index in [0.29, 0.717) is 11.5 Å². The topological polar surface area (TPSA) is 67.2 Å². The summed E-state index contributed by atoms with van der Waals surface area (Å²) in [4.78, 5) is 6.62. The number of hydrogen-bond donors (Lipinski definition) is 2. The van der Waals surface area contributed by atoms with Crippen LogP contribution in [0.3, 0.4) is 0 Å². The van der Waals surface area contributed by atoms with Gasteiger partial charge in [-0.2, -0.15) is 0 Å². The van der Waals surface area contributed by atoms with Crippen molar-refractivity contribution in [3.8, 4) is 0 Å². The van der Waals surface area contributed by atoms with Crippen LogP contribution in [-0.4, -0.2) is 43.1 Å². The van der Waals surface area contributed by atoms with Gasteiger partial charge in [0.1, 0.15) is 0 Å². The van der Waals surface area contributed by atoms with E-state index in [4.69, 9.17) is 11.1 Å². The van der Waals surface area contributed by atoms with E-state index in [-0.39, 0.29) is 0 Å². The molecule has 0 atom stereocenters. The van der Waals surface area contributed by atoms with E-state index in [1.165, 1.54) is 19.3 Å². The molecule has 0 amide bonds. The smallest absolute Gasteiger partial charge is 0.243 e. The Hall–Kier alpha value is -1.16. The second-order valence-electron chi connectivity index (χ2n) is 5.00. The summed E-state index contributed by atoms with van der Waals surface area (Å²) in [7, 11) is 2.10. The number of rotatable bonds is 7. The number of unbranched alkanes of at least 4 members (excludes halogenated alkanes) is 3. The van der Waals surface area contributed by atoms with Gasteiger partial charge in [0, 0.05) is 25.2 Å². The first-order chi connectivity index (χ1) is 8.65. The lowest BCUT2D eigenvalue weighted by Crippen LogP contribution is -2.51. The van der Waals surface area contributed by atoms with Gasteiger partial charge >= 0.3 is 0 Å². The number of likely N-dealkylation sites (N-methyl/N-ethyl adjacent to an activating group) is 1. The molecule has 0 unspecified atom stereocenters. The fourth-order valence-corrected chi connectivity index (χ4v) is 2.08. The van der Waals surface area contributed by atoms with Crippen molar-refractivity contribution in [3.05, 3.63) is 11.6 Å². The molecule has 0 bridgehead atoms. The quantitative estimate of drug-likeness (QED) is 0.390. The first kappa shape index (κ1) is 14.9. The molecular weight excluding hydrogens is 224 g/mol. The summed E-state index contributed by atoms with van der Waals surface area (Å²) in [5, 5.41) is 6.06. The summed E-state index contributed by atoms with van der Waals surface area (Å²) in [6.07, 6.45) is 8.04. The van der Waals surface area contributed by atoms with Crippen molar-refractivity contribution in [3.63, 3.8) is 0 Å². The van der Waals surface area contributed by atoms with Gasteiger partial charge in [0.05, 0.1) is 0 Å². The Balaban J connectivity index is 2.40. The fourth-order valence-electron chi connectivity index (χ4n) is 2.08. The molecule has 102 valence electrons. The highest BCUT2D eigenvalue weighted by Crippen LogP contribution is 2.08. The molecule has 4 heteroatoms. The summed E-state index contributed by atoms with van der Waals surface area (Å²) in [6, 6.07) is 0. The summed E-state index contributed by atoms with van der Waals surface area (Å²) < 4.78 is 0. The molecule has 0 saturated carbocycles. The zero-order valence-electron chi connectivity index (χ0n) is 11.8. The van der Waals surface area contributed by atoms with Gasteiger partial charge in [-0.25, -0.2) is 0 Å². The molecule has 18 heavy (non-hydrogen) atoms. The van der Waals surface area contributed by atoms with Gasteiger partial charge in [-0.3, -0.25) is 10.4 Å². The van der Waals surface area contributed by atoms with Crippen LogP contribution < -0.4 is 11.1 Å². The molecule has 1 heterocycles. The standard InChI is InChI=1S/C14H26N4/c1-3-4-5-6-9-17-14(16)13(15)12-8-7-10-18(2)11-12/h8,15H,3-7,9-11H2,1-2H3,(H2,16,17)/p+1. The van der Waals surface area contributed by atoms with Crippen molar-refractivity contribution in [1.82, 2.24) is 4.90 Å². The fraction of sp³-hybridized carbons (Fsp3) is 0.714. The Morgan fingerprint density at radius 2 is 2.22 bits per heavy atom. The minimum atomic E-state index is 0.507. The molecule has 0 radical (unpaired) electrons. The van der Waals surface area contributed by atoms with E-state index >= 15 is 0 Å². The molecule has 4 nitrogen and oxygen atoms in total. The highest BCUT2D eigenvalue weighted by molar-refractivity contribution is 6.44. The zero-order chi connectivity index (χ0) is 13.4. The van der Waals surface area contributed by atoms with E-state index in [1.807, 2.05) is 0 Å². The van der Waals surface area contributed by atoms with Crippen molar-refractivity contribution in [2.24, 2.45) is 10.7 Å². The molecule has 0 saturated heterocycles. The zero-order valence-corrected chi connectivity index (χ0v) is 11.8. The molecular formula is C14H27N4+. The molecule has 0 spiro atoms. The van der Waals surface area contributed by atoms with E-state index in [0.717, 1.165) is 38.0 Å². The summed E-state index contributed by atoms with van der Waals surface area (Å²) in [6.45, 7) is 4.95. The third kappa shape index (κ3) is 5.00. The SMILES string of the molecule is CCCCCCN=C(N)C(=[NH2+])C1=CCCN(C)C1. The number of hydrogen-bond acceptors (Lipinski definition) is 2. The van der Waals surface area contributed by atoms with Gasteiger partial charge in [-0.15, -0.1) is 0 Å². The second-order valence-corrected chi connectivity index (χ2v) is 5.00. The average Bonchev–Trinajstić information content (AvgIpc) is 2.37. The Morgan fingerprint density at radius 1 is 1.44 bits per heavy atom. The predicted octanol–water partition coefficient (Wildman–Crippen LogP) is 0.386. The monoisotopic (exact) mass is 251 g/mol. The summed E-state index contributed by atoms with van der Waals surface area (Å²) in [5.41, 5.74) is 7.72. The lowest BCUT2D eigenvalue weighted by molar-refractivity contribution is -0.110. The first-order valence-electron chi connectivity index (χ1n) is 6.95. The van der Waals surface area contributed by atoms with Crippen LogP contribution in [0, 0.1) is 0 Å². The van der Waals surface area contributed by atoms with E-state index in [1.54, 1.807) is 0 Å². The maximum atomic E-state index is 6.06. The second kappa shape index (κ2) is 8.03. The highest BCUT2D eigenvalue weighted by atomic mass is 15.1. The third-order valence-electron chi connectivity index (χ3n) is 3.26. The Bertz CT molecular complexity index is 331. The van der Waals surface area contributed by atoms with Crippen molar-refractivity contribution >= 4 is 11.5 Å². The van der Waals surface area contributed by atoms with Crippen LogP contribution in [0.2, 0.25) is 0 Å². The molecule has 0 aromatic carbocycles. The largest absolute Gasteiger partial charge is 0.378 e. The number of amidine groups is 1. The van der Waals surface area contributed by atoms with Crippen molar-refractivity contribution < 1.29 is 5.41 Å². The van der Waals surface area contributed by atoms with Gasteiger partial charge in [0.25, 0.3) is 0 Å². The van der Waals surface area contributed by atoms with Crippen molar-refractivity contribution in [2.75, 3.05) is 26.7 Å². The Kier molecular flexibility index (Phi) is 6.65. The van der Waals surface area contributed by atoms with Gasteiger partial charge in [-0.1, -0.05) is 32.3 Å². The molecule has 1 aliphatic heterocycles. The molecule has 1 aliphatic rings. The van der Waals surface area contributed by atoms with E-state index < -0.39 is 0 Å². The van der Waals surface area contributed by atoms with Gasteiger partial charge in [-0.05, 0) is 19.9 Å². The van der Waals surface area contributed by atoms with Crippen LogP contribution in [0.25, 0.3) is 0 Å². The van der Waals surface area contributed by atoms with Crippen LogP contribution in [0.4, 0.5) is 0 Å². The lowest BCUT2D eigenvalue weighted by Gasteiger charge is -2.21. The maximum absolute atomic E-state index is 6.06. The maximum Gasteiger partial charge on any atom is 0.243 e. The van der Waals surface area contributed by atoms with Gasteiger partial charge < -0.3 is 10.6 Å². The Morgan fingerprint density at radius 3 is 2.89 bits per heavy atom. The van der Waals surface area contributed by atoms with E-state index in [9.17, 15) is 0 Å². The van der Waals surface area contributed by atoms with Crippen LogP contribution >= 0.6 is 0 Å². The normalized spacial score (nSPS) is 17.7. The molecule has 1 rings (SSSR count). The van der Waals surface area contributed by atoms with Crippen LogP contribution in [0.15, 0.2) is 16.6 Å². The van der Waals surface area contributed by atoms with Crippen molar-refractivity contribution in [2.45, 2.75) is 39.0 Å². The minimum Gasteiger partial charge on any atom is -0.378 e. The minimum absolute atomic E-state index is 0.507. The molecule has 0 aliphatic carbocycles.